The number of fused-ring (bicyclic) bond motifs is 1. The fourth-order valence-corrected chi connectivity index (χ4v) is 2.65. The first-order chi connectivity index (χ1) is 8.74. The summed E-state index contributed by atoms with van der Waals surface area (Å²) in [5, 5.41) is 0.499. The van der Waals surface area contributed by atoms with Gasteiger partial charge in [-0.25, -0.2) is 4.39 Å². The molecule has 0 fully saturated rings. The topological polar surface area (TPSA) is 3.24 Å². The Morgan fingerprint density at radius 3 is 2.74 bits per heavy atom. The lowest BCUT2D eigenvalue weighted by molar-refractivity contribution is -0.00000409. The minimum Gasteiger partial charge on any atom is -1.00 e. The first-order valence-corrected chi connectivity index (χ1v) is 6.38. The molecule has 0 unspecified atom stereocenters. The van der Waals surface area contributed by atoms with Crippen molar-refractivity contribution in [3.63, 3.8) is 0 Å². The number of benzene rings is 2. The second kappa shape index (κ2) is 5.81. The van der Waals surface area contributed by atoms with Gasteiger partial charge in [0.1, 0.15) is 5.82 Å². The number of para-hydroxylation sites is 1. The molecule has 4 heteroatoms. The second-order valence-electron chi connectivity index (χ2n) is 4.54. The molecule has 0 amide bonds. The summed E-state index contributed by atoms with van der Waals surface area (Å²) in [5.74, 6) is -0.287. The van der Waals surface area contributed by atoms with Crippen molar-refractivity contribution in [2.45, 2.75) is 13.0 Å². The molecule has 1 aliphatic rings. The van der Waals surface area contributed by atoms with Crippen molar-refractivity contribution in [1.29, 1.82) is 0 Å². The van der Waals surface area contributed by atoms with Gasteiger partial charge in [-0.1, -0.05) is 35.9 Å². The van der Waals surface area contributed by atoms with Gasteiger partial charge in [-0.05, 0) is 35.7 Å². The van der Waals surface area contributed by atoms with Gasteiger partial charge in [0, 0.05) is 23.8 Å². The maximum Gasteiger partial charge on any atom is 0.124 e. The van der Waals surface area contributed by atoms with Gasteiger partial charge >= 0.3 is 0 Å². The predicted molar refractivity (Wildman–Crippen MR) is 72.6 cm³/mol. The Labute approximate surface area is 123 Å². The van der Waals surface area contributed by atoms with Gasteiger partial charge in [-0.3, -0.25) is 0 Å². The highest BCUT2D eigenvalue weighted by atomic mass is 35.5. The van der Waals surface area contributed by atoms with Crippen LogP contribution in [0.25, 0.3) is 0 Å². The molecule has 2 aromatic rings. The molecule has 0 bridgehead atoms. The highest BCUT2D eigenvalue weighted by Crippen LogP contribution is 2.30. The lowest BCUT2D eigenvalue weighted by atomic mass is 10.1. The van der Waals surface area contributed by atoms with Crippen LogP contribution in [0.3, 0.4) is 0 Å². The van der Waals surface area contributed by atoms with Crippen LogP contribution < -0.4 is 17.3 Å². The molecule has 0 saturated heterocycles. The summed E-state index contributed by atoms with van der Waals surface area (Å²) < 4.78 is 13.0. The molecule has 0 saturated carbocycles. The van der Waals surface area contributed by atoms with Crippen molar-refractivity contribution in [3.8, 4) is 0 Å². The van der Waals surface area contributed by atoms with Crippen molar-refractivity contribution in [1.82, 2.24) is 0 Å². The lowest BCUT2D eigenvalue weighted by Crippen LogP contribution is -3.00. The molecule has 19 heavy (non-hydrogen) atoms. The van der Waals surface area contributed by atoms with Crippen LogP contribution in [0.5, 0.6) is 0 Å². The summed E-state index contributed by atoms with van der Waals surface area (Å²) in [6.45, 7) is 1.73. The number of halogens is 3. The summed E-state index contributed by atoms with van der Waals surface area (Å²) in [6, 6.07) is 13.0. The summed E-state index contributed by atoms with van der Waals surface area (Å²) in [4.78, 5) is 2.29. The summed E-state index contributed by atoms with van der Waals surface area (Å²) in [6.07, 6.45) is 1.06. The van der Waals surface area contributed by atoms with Crippen LogP contribution in [-0.4, -0.2) is 6.54 Å². The van der Waals surface area contributed by atoms with E-state index in [-0.39, 0.29) is 18.2 Å². The van der Waals surface area contributed by atoms with E-state index in [0.717, 1.165) is 25.1 Å². The largest absolute Gasteiger partial charge is 1.00 e. The smallest absolute Gasteiger partial charge is 0.124 e. The minimum absolute atomic E-state index is 0. The van der Waals surface area contributed by atoms with E-state index < -0.39 is 0 Å². The third-order valence-electron chi connectivity index (χ3n) is 3.36. The zero-order valence-corrected chi connectivity index (χ0v) is 11.8. The zero-order chi connectivity index (χ0) is 12.5. The molecule has 0 aromatic heterocycles. The molecule has 0 radical (unpaired) electrons. The Morgan fingerprint density at radius 1 is 1.16 bits per heavy atom. The Kier molecular flexibility index (Phi) is 4.33. The molecule has 0 atom stereocenters. The summed E-state index contributed by atoms with van der Waals surface area (Å²) in [7, 11) is 0. The molecule has 100 valence electrons. The fourth-order valence-electron chi connectivity index (χ4n) is 2.43. The molecule has 1 nitrogen and oxygen atoms in total. The van der Waals surface area contributed by atoms with E-state index in [1.165, 1.54) is 23.4 Å². The maximum atomic E-state index is 13.0. The van der Waals surface area contributed by atoms with E-state index in [2.05, 4.69) is 23.1 Å². The summed E-state index contributed by atoms with van der Waals surface area (Å²) in [5.41, 5.74) is 3.60. The van der Waals surface area contributed by atoms with Crippen LogP contribution in [-0.2, 0) is 13.0 Å². The molecule has 2 aromatic carbocycles. The van der Waals surface area contributed by atoms with E-state index in [1.54, 1.807) is 6.07 Å². The second-order valence-corrected chi connectivity index (χ2v) is 4.94. The van der Waals surface area contributed by atoms with Crippen LogP contribution >= 0.6 is 11.6 Å². The Balaban J connectivity index is 0.00000133. The Morgan fingerprint density at radius 2 is 1.95 bits per heavy atom. The molecule has 0 aliphatic carbocycles. The molecular formula is C15H13Cl2FN-. The molecule has 0 N–H and O–H groups in total. The standard InChI is InChI=1S/C15H13ClFN.ClH/c16-14-9-13(17)6-5-12(14)10-18-8-7-11-3-1-2-4-15(11)18;/h1-6,9H,7-8,10H2;1H/p-1. The average molecular weight is 297 g/mol. The number of hydrogen-bond donors (Lipinski definition) is 0. The van der Waals surface area contributed by atoms with Gasteiger partial charge in [-0.2, -0.15) is 0 Å². The zero-order valence-electron chi connectivity index (χ0n) is 10.2. The van der Waals surface area contributed by atoms with Crippen LogP contribution in [0.4, 0.5) is 10.1 Å². The van der Waals surface area contributed by atoms with E-state index in [4.69, 9.17) is 11.6 Å². The van der Waals surface area contributed by atoms with E-state index in [9.17, 15) is 4.39 Å². The third-order valence-corrected chi connectivity index (χ3v) is 3.71. The fraction of sp³-hybridized carbons (Fsp3) is 0.200. The molecule has 1 aliphatic heterocycles. The van der Waals surface area contributed by atoms with Crippen molar-refractivity contribution < 1.29 is 16.8 Å². The van der Waals surface area contributed by atoms with Gasteiger partial charge < -0.3 is 17.3 Å². The average Bonchev–Trinajstić information content (AvgIpc) is 2.76. The van der Waals surface area contributed by atoms with E-state index in [1.807, 2.05) is 6.07 Å². The van der Waals surface area contributed by atoms with Crippen LogP contribution in [0.1, 0.15) is 11.1 Å². The van der Waals surface area contributed by atoms with Crippen LogP contribution in [0, 0.1) is 5.82 Å². The monoisotopic (exact) mass is 296 g/mol. The molecule has 0 spiro atoms. The van der Waals surface area contributed by atoms with Gasteiger partial charge in [0.25, 0.3) is 0 Å². The third kappa shape index (κ3) is 2.85. The number of hydrogen-bond acceptors (Lipinski definition) is 1. The predicted octanol–water partition coefficient (Wildman–Crippen LogP) is 1.05. The first kappa shape index (κ1) is 14.2. The van der Waals surface area contributed by atoms with E-state index >= 15 is 0 Å². The normalized spacial score (nSPS) is 13.1. The quantitative estimate of drug-likeness (QED) is 0.801. The molecular weight excluding hydrogens is 284 g/mol. The molecule has 1 heterocycles. The summed E-state index contributed by atoms with van der Waals surface area (Å²) >= 11 is 6.07. The molecule has 3 rings (SSSR count). The first-order valence-electron chi connectivity index (χ1n) is 6.01. The van der Waals surface area contributed by atoms with E-state index in [0.29, 0.717) is 5.02 Å². The Hall–Kier alpha value is -1.25. The minimum atomic E-state index is -0.287. The van der Waals surface area contributed by atoms with Crippen molar-refractivity contribution in [2.75, 3.05) is 11.4 Å². The lowest BCUT2D eigenvalue weighted by Gasteiger charge is -2.20. The van der Waals surface area contributed by atoms with Crippen LogP contribution in [0.2, 0.25) is 5.02 Å². The number of anilines is 1. The van der Waals surface area contributed by atoms with Crippen molar-refractivity contribution in [2.24, 2.45) is 0 Å². The highest BCUT2D eigenvalue weighted by Gasteiger charge is 2.19. The van der Waals surface area contributed by atoms with Gasteiger partial charge in [0.2, 0.25) is 0 Å². The van der Waals surface area contributed by atoms with Crippen molar-refractivity contribution in [3.05, 3.63) is 64.4 Å². The number of rotatable bonds is 2. The van der Waals surface area contributed by atoms with Gasteiger partial charge in [-0.15, -0.1) is 0 Å². The maximum absolute atomic E-state index is 13.0. The number of nitrogens with zero attached hydrogens (tertiary/aromatic N) is 1. The SMILES string of the molecule is Fc1ccc(CN2CCc3ccccc32)c(Cl)c1.[Cl-]. The van der Waals surface area contributed by atoms with Gasteiger partial charge in [0.05, 0.1) is 0 Å². The highest BCUT2D eigenvalue weighted by molar-refractivity contribution is 6.31. The van der Waals surface area contributed by atoms with Crippen LogP contribution in [0.15, 0.2) is 42.5 Å². The van der Waals surface area contributed by atoms with Gasteiger partial charge in [0.15, 0.2) is 0 Å². The van der Waals surface area contributed by atoms with Crippen molar-refractivity contribution >= 4 is 17.3 Å². The Bertz CT molecular complexity index is 586.